The normalized spacial score (nSPS) is 11.9. The van der Waals surface area contributed by atoms with E-state index < -0.39 is 5.60 Å². The van der Waals surface area contributed by atoms with E-state index in [0.29, 0.717) is 0 Å². The third-order valence-electron chi connectivity index (χ3n) is 3.31. The number of nitrogens with zero attached hydrogens (tertiary/aromatic N) is 1. The number of aromatic nitrogens is 1. The highest BCUT2D eigenvalue weighted by atomic mass is 16.3. The van der Waals surface area contributed by atoms with Gasteiger partial charge in [0.15, 0.2) is 0 Å². The van der Waals surface area contributed by atoms with Crippen LogP contribution in [0.1, 0.15) is 38.7 Å². The second-order valence-corrected chi connectivity index (χ2v) is 5.71. The summed E-state index contributed by atoms with van der Waals surface area (Å²) in [6.45, 7) is 3.68. The number of hydrogen-bond acceptors (Lipinski definition) is 3. The van der Waals surface area contributed by atoms with Crippen molar-refractivity contribution in [3.05, 3.63) is 36.0 Å². The fourth-order valence-corrected chi connectivity index (χ4v) is 2.24. The van der Waals surface area contributed by atoms with Crippen LogP contribution in [0.2, 0.25) is 0 Å². The molecule has 2 N–H and O–H groups in total. The third-order valence-corrected chi connectivity index (χ3v) is 3.31. The van der Waals surface area contributed by atoms with Gasteiger partial charge in [0.25, 0.3) is 0 Å². The van der Waals surface area contributed by atoms with Crippen LogP contribution < -0.4 is 0 Å². The number of benzene rings is 1. The molecule has 0 radical (unpaired) electrons. The Kier molecular flexibility index (Phi) is 4.05. The Hall–Kier alpha value is -1.61. The molecule has 1 aromatic heterocycles. The second kappa shape index (κ2) is 5.57. The lowest BCUT2D eigenvalue weighted by Crippen LogP contribution is -2.17. The zero-order chi connectivity index (χ0) is 13.9. The average Bonchev–Trinajstić information content (AvgIpc) is 2.34. The predicted molar refractivity (Wildman–Crippen MR) is 77.3 cm³/mol. The first-order chi connectivity index (χ1) is 8.96. The van der Waals surface area contributed by atoms with E-state index in [0.717, 1.165) is 36.5 Å². The molecular weight excluding hydrogens is 238 g/mol. The van der Waals surface area contributed by atoms with Crippen LogP contribution in [0.4, 0.5) is 0 Å². The molecule has 0 aliphatic carbocycles. The molecule has 0 aliphatic heterocycles. The quantitative estimate of drug-likeness (QED) is 0.809. The van der Waals surface area contributed by atoms with Crippen molar-refractivity contribution in [2.75, 3.05) is 0 Å². The summed E-state index contributed by atoms with van der Waals surface area (Å²) in [5, 5.41) is 21.2. The summed E-state index contributed by atoms with van der Waals surface area (Å²) < 4.78 is 0. The van der Waals surface area contributed by atoms with Crippen LogP contribution in [0.3, 0.4) is 0 Å². The minimum atomic E-state index is -0.578. The molecular formula is C16H21NO2. The lowest BCUT2D eigenvalue weighted by atomic mass is 9.98. The van der Waals surface area contributed by atoms with Crippen molar-refractivity contribution in [2.45, 2.75) is 45.1 Å². The minimum absolute atomic E-state index is 0.0934. The molecule has 3 heteroatoms. The molecule has 102 valence electrons. The second-order valence-electron chi connectivity index (χ2n) is 5.71. The van der Waals surface area contributed by atoms with Gasteiger partial charge in [0.1, 0.15) is 0 Å². The summed E-state index contributed by atoms with van der Waals surface area (Å²) in [4.78, 5) is 3.90. The largest absolute Gasteiger partial charge is 0.493 e. The topological polar surface area (TPSA) is 53.4 Å². The molecule has 2 aromatic rings. The van der Waals surface area contributed by atoms with Gasteiger partial charge < -0.3 is 10.2 Å². The lowest BCUT2D eigenvalue weighted by molar-refractivity contribution is 0.0682. The van der Waals surface area contributed by atoms with E-state index in [9.17, 15) is 10.2 Å². The molecule has 2 rings (SSSR count). The molecule has 1 heterocycles. The number of aliphatic hydroxyl groups is 1. The molecule has 0 spiro atoms. The van der Waals surface area contributed by atoms with E-state index in [4.69, 9.17) is 0 Å². The van der Waals surface area contributed by atoms with Crippen LogP contribution in [0.15, 0.2) is 30.5 Å². The molecule has 0 fully saturated rings. The standard InChI is InChI=1S/C16H21NO2/c1-16(2,19)9-4-3-5-12-6-7-13-8-10-17-15(18)14(13)11-12/h6-8,10-11,19H,3-5,9H2,1-2H3,(H,17,18). The smallest absolute Gasteiger partial charge is 0.218 e. The van der Waals surface area contributed by atoms with Crippen LogP contribution in [0, 0.1) is 0 Å². The Labute approximate surface area is 113 Å². The molecule has 0 aliphatic rings. The fraction of sp³-hybridized carbons (Fsp3) is 0.438. The maximum Gasteiger partial charge on any atom is 0.218 e. The molecule has 0 saturated carbocycles. The molecule has 19 heavy (non-hydrogen) atoms. The first-order valence-electron chi connectivity index (χ1n) is 6.75. The third kappa shape index (κ3) is 3.93. The van der Waals surface area contributed by atoms with Crippen molar-refractivity contribution in [3.63, 3.8) is 0 Å². The van der Waals surface area contributed by atoms with E-state index in [-0.39, 0.29) is 5.88 Å². The summed E-state index contributed by atoms with van der Waals surface area (Å²) in [6, 6.07) is 8.00. The maximum atomic E-state index is 9.73. The number of rotatable bonds is 5. The summed E-state index contributed by atoms with van der Waals surface area (Å²) in [7, 11) is 0. The zero-order valence-corrected chi connectivity index (χ0v) is 11.6. The monoisotopic (exact) mass is 259 g/mol. The number of aryl methyl sites for hydroxylation is 1. The van der Waals surface area contributed by atoms with Gasteiger partial charge >= 0.3 is 0 Å². The predicted octanol–water partition coefficient (Wildman–Crippen LogP) is 3.42. The molecule has 0 saturated heterocycles. The van der Waals surface area contributed by atoms with E-state index >= 15 is 0 Å². The first kappa shape index (κ1) is 13.8. The van der Waals surface area contributed by atoms with E-state index in [1.807, 2.05) is 32.0 Å². The van der Waals surface area contributed by atoms with Crippen molar-refractivity contribution in [1.29, 1.82) is 0 Å². The number of aromatic hydroxyl groups is 1. The van der Waals surface area contributed by atoms with Crippen molar-refractivity contribution in [1.82, 2.24) is 4.98 Å². The Balaban J connectivity index is 2.00. The summed E-state index contributed by atoms with van der Waals surface area (Å²) in [5.74, 6) is 0.0934. The van der Waals surface area contributed by atoms with Crippen molar-refractivity contribution in [3.8, 4) is 5.88 Å². The Morgan fingerprint density at radius 1 is 1.16 bits per heavy atom. The average molecular weight is 259 g/mol. The van der Waals surface area contributed by atoms with Gasteiger partial charge in [-0.25, -0.2) is 4.98 Å². The molecule has 0 amide bonds. The van der Waals surface area contributed by atoms with Crippen LogP contribution in [0.5, 0.6) is 5.88 Å². The molecule has 1 aromatic carbocycles. The maximum absolute atomic E-state index is 9.73. The van der Waals surface area contributed by atoms with Crippen LogP contribution in [-0.2, 0) is 6.42 Å². The Bertz CT molecular complexity index is 558. The van der Waals surface area contributed by atoms with Crippen molar-refractivity contribution < 1.29 is 10.2 Å². The van der Waals surface area contributed by atoms with Gasteiger partial charge in [-0.1, -0.05) is 18.6 Å². The van der Waals surface area contributed by atoms with Gasteiger partial charge in [-0.15, -0.1) is 0 Å². The van der Waals surface area contributed by atoms with Crippen molar-refractivity contribution >= 4 is 10.8 Å². The minimum Gasteiger partial charge on any atom is -0.493 e. The first-order valence-corrected chi connectivity index (χ1v) is 6.75. The lowest BCUT2D eigenvalue weighted by Gasteiger charge is -2.16. The number of unbranched alkanes of at least 4 members (excludes halogenated alkanes) is 1. The molecule has 0 bridgehead atoms. The SMILES string of the molecule is CC(C)(O)CCCCc1ccc2ccnc(O)c2c1. The van der Waals surface area contributed by atoms with Gasteiger partial charge in [-0.05, 0) is 56.2 Å². The summed E-state index contributed by atoms with van der Waals surface area (Å²) in [6.07, 6.45) is 5.42. The van der Waals surface area contributed by atoms with E-state index in [2.05, 4.69) is 11.1 Å². The Morgan fingerprint density at radius 2 is 1.95 bits per heavy atom. The van der Waals surface area contributed by atoms with Gasteiger partial charge in [0.2, 0.25) is 5.88 Å². The highest BCUT2D eigenvalue weighted by Gasteiger charge is 2.11. The molecule has 0 unspecified atom stereocenters. The molecule has 0 atom stereocenters. The van der Waals surface area contributed by atoms with E-state index in [1.165, 1.54) is 5.56 Å². The summed E-state index contributed by atoms with van der Waals surface area (Å²) in [5.41, 5.74) is 0.623. The van der Waals surface area contributed by atoms with Gasteiger partial charge in [0.05, 0.1) is 5.60 Å². The highest BCUT2D eigenvalue weighted by Crippen LogP contribution is 2.24. The Morgan fingerprint density at radius 3 is 2.68 bits per heavy atom. The number of fused-ring (bicyclic) bond motifs is 1. The fourth-order valence-electron chi connectivity index (χ4n) is 2.24. The van der Waals surface area contributed by atoms with Crippen LogP contribution in [-0.4, -0.2) is 20.8 Å². The van der Waals surface area contributed by atoms with Crippen LogP contribution >= 0.6 is 0 Å². The zero-order valence-electron chi connectivity index (χ0n) is 11.6. The van der Waals surface area contributed by atoms with Gasteiger partial charge in [-0.2, -0.15) is 0 Å². The van der Waals surface area contributed by atoms with Crippen molar-refractivity contribution in [2.24, 2.45) is 0 Å². The van der Waals surface area contributed by atoms with Gasteiger partial charge in [0, 0.05) is 11.6 Å². The number of pyridine rings is 1. The van der Waals surface area contributed by atoms with Crippen LogP contribution in [0.25, 0.3) is 10.8 Å². The van der Waals surface area contributed by atoms with Gasteiger partial charge in [-0.3, -0.25) is 0 Å². The molecule has 3 nitrogen and oxygen atoms in total. The van der Waals surface area contributed by atoms with E-state index in [1.54, 1.807) is 6.20 Å². The number of hydrogen-bond donors (Lipinski definition) is 2. The highest BCUT2D eigenvalue weighted by molar-refractivity contribution is 5.86. The summed E-state index contributed by atoms with van der Waals surface area (Å²) >= 11 is 0.